The van der Waals surface area contributed by atoms with Gasteiger partial charge >= 0.3 is 0 Å². The van der Waals surface area contributed by atoms with E-state index < -0.39 is 0 Å². The number of hydrogen-bond acceptors (Lipinski definition) is 1. The van der Waals surface area contributed by atoms with E-state index in [1.165, 1.54) is 0 Å². The minimum Gasteiger partial charge on any atom is -0.326 e. The molecule has 0 aliphatic carbocycles. The molecule has 2 rings (SSSR count). The van der Waals surface area contributed by atoms with Crippen LogP contribution in [-0.4, -0.2) is 0 Å². The topological polar surface area (TPSA) is 26.0 Å². The third-order valence-corrected chi connectivity index (χ3v) is 3.30. The Balaban J connectivity index is 2.62. The fourth-order valence-corrected chi connectivity index (χ4v) is 2.37. The zero-order valence-electron chi connectivity index (χ0n) is 8.88. The van der Waals surface area contributed by atoms with Crippen LogP contribution in [0.1, 0.15) is 5.56 Å². The lowest BCUT2D eigenvalue weighted by molar-refractivity contribution is 1.07. The molecule has 2 aromatic rings. The summed E-state index contributed by atoms with van der Waals surface area (Å²) >= 11 is 18.0. The zero-order chi connectivity index (χ0) is 12.4. The second kappa shape index (κ2) is 5.28. The number of nitrogens with two attached hydrogens (primary N) is 1. The highest BCUT2D eigenvalue weighted by Crippen LogP contribution is 2.33. The number of halogens is 3. The van der Waals surface area contributed by atoms with Crippen molar-refractivity contribution in [1.29, 1.82) is 0 Å². The molecule has 0 saturated carbocycles. The minimum absolute atomic E-state index is 0.436. The van der Waals surface area contributed by atoms with Gasteiger partial charge in [0.05, 0.1) is 0 Å². The molecule has 2 N–H and O–H groups in total. The minimum atomic E-state index is 0.436. The molecule has 0 radical (unpaired) electrons. The number of benzene rings is 2. The molecule has 0 atom stereocenters. The lowest BCUT2D eigenvalue weighted by Gasteiger charge is -2.10. The molecule has 0 aliphatic rings. The van der Waals surface area contributed by atoms with Crippen LogP contribution in [0.25, 0.3) is 11.1 Å². The van der Waals surface area contributed by atoms with Crippen LogP contribution in [0.2, 0.25) is 15.1 Å². The first kappa shape index (κ1) is 12.7. The van der Waals surface area contributed by atoms with Gasteiger partial charge in [-0.05, 0) is 35.4 Å². The highest BCUT2D eigenvalue weighted by molar-refractivity contribution is 6.36. The van der Waals surface area contributed by atoms with Gasteiger partial charge in [-0.3, -0.25) is 0 Å². The normalized spacial score (nSPS) is 10.6. The average Bonchev–Trinajstić information content (AvgIpc) is 2.29. The second-order valence-corrected chi connectivity index (χ2v) is 4.91. The molecule has 0 saturated heterocycles. The van der Waals surface area contributed by atoms with Crippen LogP contribution in [0.3, 0.4) is 0 Å². The fraction of sp³-hybridized carbons (Fsp3) is 0.0769. The largest absolute Gasteiger partial charge is 0.326 e. The lowest BCUT2D eigenvalue weighted by atomic mass is 10.00. The first-order chi connectivity index (χ1) is 8.11. The van der Waals surface area contributed by atoms with E-state index in [2.05, 4.69) is 0 Å². The molecule has 88 valence electrons. The summed E-state index contributed by atoms with van der Waals surface area (Å²) in [5, 5.41) is 1.85. The van der Waals surface area contributed by atoms with Crippen LogP contribution in [0, 0.1) is 0 Å². The van der Waals surface area contributed by atoms with Gasteiger partial charge in [0.25, 0.3) is 0 Å². The molecule has 1 nitrogen and oxygen atoms in total. The van der Waals surface area contributed by atoms with Gasteiger partial charge in [-0.1, -0.05) is 46.9 Å². The second-order valence-electron chi connectivity index (χ2n) is 3.63. The van der Waals surface area contributed by atoms with Crippen LogP contribution in [0.5, 0.6) is 0 Å². The van der Waals surface area contributed by atoms with Crippen molar-refractivity contribution in [2.45, 2.75) is 6.54 Å². The Hall–Kier alpha value is -0.730. The van der Waals surface area contributed by atoms with Crippen LogP contribution in [-0.2, 0) is 6.54 Å². The zero-order valence-corrected chi connectivity index (χ0v) is 11.2. The maximum Gasteiger partial charge on any atom is 0.0499 e. The molecule has 17 heavy (non-hydrogen) atoms. The molecular weight excluding hydrogens is 277 g/mol. The van der Waals surface area contributed by atoms with Crippen LogP contribution in [0.4, 0.5) is 0 Å². The summed E-state index contributed by atoms with van der Waals surface area (Å²) in [5.74, 6) is 0. The Labute approximate surface area is 115 Å². The Morgan fingerprint density at radius 3 is 2.12 bits per heavy atom. The van der Waals surface area contributed by atoms with E-state index in [-0.39, 0.29) is 0 Å². The molecule has 0 amide bonds. The summed E-state index contributed by atoms with van der Waals surface area (Å²) in [6.07, 6.45) is 0. The third kappa shape index (κ3) is 2.75. The van der Waals surface area contributed by atoms with Gasteiger partial charge in [0, 0.05) is 27.2 Å². The van der Waals surface area contributed by atoms with E-state index >= 15 is 0 Å². The van der Waals surface area contributed by atoms with Crippen LogP contribution >= 0.6 is 34.8 Å². The Bertz CT molecular complexity index is 552. The van der Waals surface area contributed by atoms with Crippen molar-refractivity contribution >= 4 is 34.8 Å². The highest BCUT2D eigenvalue weighted by atomic mass is 35.5. The standard InChI is InChI=1S/C13H10Cl3N/c14-9-2-1-8(7-17)12(5-9)11-4-3-10(15)6-13(11)16/h1-6H,7,17H2. The van der Waals surface area contributed by atoms with E-state index in [0.717, 1.165) is 16.7 Å². The first-order valence-electron chi connectivity index (χ1n) is 5.05. The summed E-state index contributed by atoms with van der Waals surface area (Å²) in [5.41, 5.74) is 8.54. The van der Waals surface area contributed by atoms with Crippen molar-refractivity contribution in [2.24, 2.45) is 5.73 Å². The average molecular weight is 287 g/mol. The third-order valence-electron chi connectivity index (χ3n) is 2.51. The van der Waals surface area contributed by atoms with Crippen molar-refractivity contribution in [1.82, 2.24) is 0 Å². The molecule has 0 fully saturated rings. The van der Waals surface area contributed by atoms with Crippen molar-refractivity contribution < 1.29 is 0 Å². The van der Waals surface area contributed by atoms with Gasteiger partial charge in [-0.25, -0.2) is 0 Å². The SMILES string of the molecule is NCc1ccc(Cl)cc1-c1ccc(Cl)cc1Cl. The molecule has 0 spiro atoms. The quantitative estimate of drug-likeness (QED) is 0.845. The van der Waals surface area contributed by atoms with Crippen molar-refractivity contribution in [3.05, 3.63) is 57.0 Å². The number of hydrogen-bond donors (Lipinski definition) is 1. The van der Waals surface area contributed by atoms with Gasteiger partial charge in [0.15, 0.2) is 0 Å². The summed E-state index contributed by atoms with van der Waals surface area (Å²) in [6.45, 7) is 0.436. The lowest BCUT2D eigenvalue weighted by Crippen LogP contribution is -1.99. The summed E-state index contributed by atoms with van der Waals surface area (Å²) in [7, 11) is 0. The van der Waals surface area contributed by atoms with Gasteiger partial charge < -0.3 is 5.73 Å². The predicted octanol–water partition coefficient (Wildman–Crippen LogP) is 4.77. The first-order valence-corrected chi connectivity index (χ1v) is 6.19. The molecule has 2 aromatic carbocycles. The van der Waals surface area contributed by atoms with Gasteiger partial charge in [-0.15, -0.1) is 0 Å². The highest BCUT2D eigenvalue weighted by Gasteiger charge is 2.09. The van der Waals surface area contributed by atoms with Crippen LogP contribution in [0.15, 0.2) is 36.4 Å². The molecule has 0 bridgehead atoms. The predicted molar refractivity (Wildman–Crippen MR) is 74.8 cm³/mol. The van der Waals surface area contributed by atoms with E-state index in [0.29, 0.717) is 21.6 Å². The Morgan fingerprint density at radius 1 is 0.824 bits per heavy atom. The van der Waals surface area contributed by atoms with Gasteiger partial charge in [0.2, 0.25) is 0 Å². The molecule has 0 aliphatic heterocycles. The monoisotopic (exact) mass is 285 g/mol. The summed E-state index contributed by atoms with van der Waals surface area (Å²) in [4.78, 5) is 0. The maximum absolute atomic E-state index is 6.18. The summed E-state index contributed by atoms with van der Waals surface area (Å²) in [6, 6.07) is 11.0. The smallest absolute Gasteiger partial charge is 0.0499 e. The Morgan fingerprint density at radius 2 is 1.47 bits per heavy atom. The van der Waals surface area contributed by atoms with Gasteiger partial charge in [0.1, 0.15) is 0 Å². The number of rotatable bonds is 2. The van der Waals surface area contributed by atoms with E-state index in [9.17, 15) is 0 Å². The molecule has 0 unspecified atom stereocenters. The van der Waals surface area contributed by atoms with E-state index in [1.807, 2.05) is 24.3 Å². The maximum atomic E-state index is 6.18. The van der Waals surface area contributed by atoms with Crippen molar-refractivity contribution in [2.75, 3.05) is 0 Å². The van der Waals surface area contributed by atoms with Crippen molar-refractivity contribution in [3.63, 3.8) is 0 Å². The van der Waals surface area contributed by atoms with E-state index in [4.69, 9.17) is 40.5 Å². The Kier molecular flexibility index (Phi) is 3.95. The van der Waals surface area contributed by atoms with Gasteiger partial charge in [-0.2, -0.15) is 0 Å². The molecule has 0 heterocycles. The fourth-order valence-electron chi connectivity index (χ4n) is 1.69. The molecule has 4 heteroatoms. The van der Waals surface area contributed by atoms with E-state index in [1.54, 1.807) is 12.1 Å². The summed E-state index contributed by atoms with van der Waals surface area (Å²) < 4.78 is 0. The molecular formula is C13H10Cl3N. The van der Waals surface area contributed by atoms with Crippen LogP contribution < -0.4 is 5.73 Å². The molecule has 0 aromatic heterocycles. The van der Waals surface area contributed by atoms with Crippen molar-refractivity contribution in [3.8, 4) is 11.1 Å².